The highest BCUT2D eigenvalue weighted by molar-refractivity contribution is 6.42. The highest BCUT2D eigenvalue weighted by Crippen LogP contribution is 2.24. The molecule has 1 heterocycles. The summed E-state index contributed by atoms with van der Waals surface area (Å²) in [4.78, 5) is 46.9. The van der Waals surface area contributed by atoms with Crippen molar-refractivity contribution in [3.63, 3.8) is 0 Å². The molecule has 0 saturated carbocycles. The van der Waals surface area contributed by atoms with E-state index in [2.05, 4.69) is 21.5 Å². The maximum atomic E-state index is 12.7. The Labute approximate surface area is 190 Å². The number of halogens is 2. The number of carbonyl (C=O) groups is 4. The Balaban J connectivity index is 0.00000151. The fraction of sp³-hybridized carbons (Fsp3) is 0.474. The minimum atomic E-state index is -0.623. The van der Waals surface area contributed by atoms with Crippen molar-refractivity contribution in [2.45, 2.75) is 38.3 Å². The van der Waals surface area contributed by atoms with Gasteiger partial charge in [0.25, 0.3) is 12.4 Å². The summed E-state index contributed by atoms with van der Waals surface area (Å²) in [5.41, 5.74) is 5.84. The lowest BCUT2D eigenvalue weighted by Gasteiger charge is -2.25. The molecule has 0 radical (unpaired) electrons. The van der Waals surface area contributed by atoms with Crippen LogP contribution in [0.15, 0.2) is 18.2 Å². The molecule has 0 aliphatic carbocycles. The van der Waals surface area contributed by atoms with Gasteiger partial charge in [-0.3, -0.25) is 30.0 Å². The van der Waals surface area contributed by atoms with Gasteiger partial charge in [0.15, 0.2) is 0 Å². The molecular weight excluding hydrogens is 449 g/mol. The van der Waals surface area contributed by atoms with Crippen LogP contribution in [0.2, 0.25) is 10.0 Å². The molecule has 3 amide bonds. The van der Waals surface area contributed by atoms with Gasteiger partial charge < -0.3 is 20.6 Å². The molecule has 0 spiro atoms. The molecule has 2 rings (SSSR count). The summed E-state index contributed by atoms with van der Waals surface area (Å²) >= 11 is 11.8. The minimum absolute atomic E-state index is 0.110. The highest BCUT2D eigenvalue weighted by atomic mass is 35.5. The molecule has 0 unspecified atom stereocenters. The van der Waals surface area contributed by atoms with E-state index in [1.807, 2.05) is 0 Å². The standard InChI is InChI=1S/C18H25Cl2N5O3.CH2O2/c1-11(21-2)17(27)22-15-5-3-4-8-25(18(15)28)10-16(26)24-23-12-6-7-13(19)14(20)9-12;2-1-3/h6-7,9,11,15,21,23H,3-5,8,10H2,1-2H3,(H,22,27)(H,24,26);1H,(H,2,3)/t11-,15-;/m0./s1. The Morgan fingerprint density at radius 2 is 1.97 bits per heavy atom. The number of likely N-dealkylation sites (tertiary alicyclic amines) is 1. The first-order valence-corrected chi connectivity index (χ1v) is 10.3. The first-order chi connectivity index (χ1) is 14.7. The quantitative estimate of drug-likeness (QED) is 0.295. The summed E-state index contributed by atoms with van der Waals surface area (Å²) in [6, 6.07) is 3.83. The summed E-state index contributed by atoms with van der Waals surface area (Å²) in [5.74, 6) is -0.873. The number of amides is 3. The van der Waals surface area contributed by atoms with Crippen molar-refractivity contribution in [2.75, 3.05) is 25.6 Å². The fourth-order valence-corrected chi connectivity index (χ4v) is 3.05. The van der Waals surface area contributed by atoms with Crippen molar-refractivity contribution in [1.29, 1.82) is 0 Å². The number of hydrogen-bond donors (Lipinski definition) is 5. The van der Waals surface area contributed by atoms with E-state index in [1.165, 1.54) is 4.90 Å². The van der Waals surface area contributed by atoms with Crippen molar-refractivity contribution in [3.8, 4) is 0 Å². The van der Waals surface area contributed by atoms with Crippen molar-refractivity contribution < 1.29 is 24.3 Å². The summed E-state index contributed by atoms with van der Waals surface area (Å²) in [6.45, 7) is 1.82. The largest absolute Gasteiger partial charge is 0.483 e. The van der Waals surface area contributed by atoms with Crippen LogP contribution in [0.1, 0.15) is 26.2 Å². The van der Waals surface area contributed by atoms with E-state index in [-0.39, 0.29) is 30.7 Å². The van der Waals surface area contributed by atoms with E-state index in [9.17, 15) is 14.4 Å². The lowest BCUT2D eigenvalue weighted by Crippen LogP contribution is -2.53. The molecule has 1 aromatic rings. The molecule has 1 aromatic carbocycles. The van der Waals surface area contributed by atoms with Gasteiger partial charge in [-0.15, -0.1) is 0 Å². The van der Waals surface area contributed by atoms with Crippen LogP contribution in [0, 0.1) is 0 Å². The number of anilines is 1. The number of likely N-dealkylation sites (N-methyl/N-ethyl adjacent to an activating group) is 1. The van der Waals surface area contributed by atoms with Crippen molar-refractivity contribution >= 4 is 53.1 Å². The average Bonchev–Trinajstić information content (AvgIpc) is 2.90. The van der Waals surface area contributed by atoms with Gasteiger partial charge in [0, 0.05) is 6.54 Å². The Hall–Kier alpha value is -2.56. The predicted octanol–water partition coefficient (Wildman–Crippen LogP) is 1.24. The van der Waals surface area contributed by atoms with E-state index in [4.69, 9.17) is 33.1 Å². The Bertz CT molecular complexity index is 780. The van der Waals surface area contributed by atoms with Crippen LogP contribution < -0.4 is 21.5 Å². The van der Waals surface area contributed by atoms with Crippen LogP contribution in [-0.4, -0.2) is 66.4 Å². The zero-order chi connectivity index (χ0) is 23.4. The van der Waals surface area contributed by atoms with E-state index in [0.29, 0.717) is 28.7 Å². The summed E-state index contributed by atoms with van der Waals surface area (Å²) < 4.78 is 0. The van der Waals surface area contributed by atoms with Gasteiger partial charge in [-0.1, -0.05) is 23.2 Å². The van der Waals surface area contributed by atoms with Crippen molar-refractivity contribution in [2.24, 2.45) is 0 Å². The number of carboxylic acid groups (broad SMARTS) is 1. The molecule has 0 bridgehead atoms. The number of nitrogens with zero attached hydrogens (tertiary/aromatic N) is 1. The zero-order valence-corrected chi connectivity index (χ0v) is 18.8. The molecule has 12 heteroatoms. The van der Waals surface area contributed by atoms with Crippen LogP contribution in [0.3, 0.4) is 0 Å². The number of carbonyl (C=O) groups excluding carboxylic acids is 3. The topological polar surface area (TPSA) is 140 Å². The second-order valence-electron chi connectivity index (χ2n) is 6.73. The molecule has 1 fully saturated rings. The molecule has 5 N–H and O–H groups in total. The molecule has 1 saturated heterocycles. The van der Waals surface area contributed by atoms with Gasteiger partial charge >= 0.3 is 0 Å². The van der Waals surface area contributed by atoms with Crippen LogP contribution in [0.4, 0.5) is 5.69 Å². The fourth-order valence-electron chi connectivity index (χ4n) is 2.75. The number of hydrazine groups is 1. The third kappa shape index (κ3) is 8.99. The summed E-state index contributed by atoms with van der Waals surface area (Å²) in [5, 5.41) is 13.3. The predicted molar refractivity (Wildman–Crippen MR) is 118 cm³/mol. The van der Waals surface area contributed by atoms with Gasteiger partial charge in [0.1, 0.15) is 12.6 Å². The molecule has 0 aromatic heterocycles. The number of benzene rings is 1. The maximum Gasteiger partial charge on any atom is 0.290 e. The van der Waals surface area contributed by atoms with Crippen LogP contribution >= 0.6 is 23.2 Å². The van der Waals surface area contributed by atoms with Gasteiger partial charge in [-0.05, 0) is 51.4 Å². The zero-order valence-electron chi connectivity index (χ0n) is 17.3. The minimum Gasteiger partial charge on any atom is -0.483 e. The molecular formula is C19H27Cl2N5O5. The third-order valence-electron chi connectivity index (χ3n) is 4.52. The summed E-state index contributed by atoms with van der Waals surface area (Å²) in [7, 11) is 1.68. The van der Waals surface area contributed by atoms with Gasteiger partial charge in [0.2, 0.25) is 11.8 Å². The molecule has 1 aliphatic heterocycles. The van der Waals surface area contributed by atoms with Crippen molar-refractivity contribution in [1.82, 2.24) is 21.0 Å². The smallest absolute Gasteiger partial charge is 0.290 e. The third-order valence-corrected chi connectivity index (χ3v) is 5.26. The maximum absolute atomic E-state index is 12.7. The van der Waals surface area contributed by atoms with Gasteiger partial charge in [-0.25, -0.2) is 0 Å². The average molecular weight is 476 g/mol. The molecule has 172 valence electrons. The molecule has 1 aliphatic rings. The van der Waals surface area contributed by atoms with E-state index >= 15 is 0 Å². The second kappa shape index (κ2) is 13.7. The molecule has 31 heavy (non-hydrogen) atoms. The SMILES string of the molecule is CN[C@@H](C)C(=O)N[C@H]1CCCCN(CC(=O)NNc2ccc(Cl)c(Cl)c2)C1=O.O=CO. The Morgan fingerprint density at radius 1 is 1.29 bits per heavy atom. The van der Waals surface area contributed by atoms with E-state index < -0.39 is 12.1 Å². The van der Waals surface area contributed by atoms with Crippen molar-refractivity contribution in [3.05, 3.63) is 28.2 Å². The number of nitrogens with one attached hydrogen (secondary N) is 4. The first kappa shape index (κ1) is 26.5. The Kier molecular flexibility index (Phi) is 11.7. The van der Waals surface area contributed by atoms with E-state index in [0.717, 1.165) is 12.8 Å². The highest BCUT2D eigenvalue weighted by Gasteiger charge is 2.30. The molecule has 2 atom stereocenters. The monoisotopic (exact) mass is 475 g/mol. The number of hydrogen-bond acceptors (Lipinski definition) is 6. The number of rotatable bonds is 7. The van der Waals surface area contributed by atoms with Crippen LogP contribution in [-0.2, 0) is 19.2 Å². The normalized spacial score (nSPS) is 16.8. The van der Waals surface area contributed by atoms with Gasteiger partial charge in [-0.2, -0.15) is 0 Å². The van der Waals surface area contributed by atoms with Crippen LogP contribution in [0.5, 0.6) is 0 Å². The van der Waals surface area contributed by atoms with Crippen LogP contribution in [0.25, 0.3) is 0 Å². The lowest BCUT2D eigenvalue weighted by atomic mass is 10.1. The Morgan fingerprint density at radius 3 is 2.58 bits per heavy atom. The molecule has 10 nitrogen and oxygen atoms in total. The van der Waals surface area contributed by atoms with Gasteiger partial charge in [0.05, 0.1) is 21.8 Å². The first-order valence-electron chi connectivity index (χ1n) is 9.57. The summed E-state index contributed by atoms with van der Waals surface area (Å²) in [6.07, 6.45) is 2.12. The van der Waals surface area contributed by atoms with E-state index in [1.54, 1.807) is 32.2 Å². The second-order valence-corrected chi connectivity index (χ2v) is 7.55. The lowest BCUT2D eigenvalue weighted by molar-refractivity contribution is -0.139.